The van der Waals surface area contributed by atoms with Gasteiger partial charge in [-0.15, -0.1) is 12.3 Å². The molecule has 2 unspecified atom stereocenters. The Morgan fingerprint density at radius 1 is 1.47 bits per heavy atom. The highest BCUT2D eigenvalue weighted by Crippen LogP contribution is 2.26. The maximum Gasteiger partial charge on any atom is 0.0929 e. The lowest BCUT2D eigenvalue weighted by molar-refractivity contribution is 0.171. The molecule has 0 amide bonds. The average Bonchev–Trinajstić information content (AvgIpc) is 2.29. The molecule has 0 fully saturated rings. The number of aliphatic hydroxyl groups excluding tert-OH is 1. The Bertz CT molecular complexity index is 414. The molecule has 0 aliphatic heterocycles. The molecule has 4 heteroatoms. The number of rotatable bonds is 5. The summed E-state index contributed by atoms with van der Waals surface area (Å²) in [5.41, 5.74) is 0.625. The number of benzene rings is 1. The van der Waals surface area contributed by atoms with Crippen molar-refractivity contribution in [3.05, 3.63) is 33.8 Å². The zero-order valence-corrected chi connectivity index (χ0v) is 11.1. The Morgan fingerprint density at radius 2 is 2.18 bits per heavy atom. The molecule has 0 saturated heterocycles. The van der Waals surface area contributed by atoms with Gasteiger partial charge in [-0.1, -0.05) is 23.2 Å². The van der Waals surface area contributed by atoms with Gasteiger partial charge in [-0.25, -0.2) is 0 Å². The highest BCUT2D eigenvalue weighted by atomic mass is 35.5. The summed E-state index contributed by atoms with van der Waals surface area (Å²) in [7, 11) is 0. The van der Waals surface area contributed by atoms with Crippen molar-refractivity contribution in [2.45, 2.75) is 25.5 Å². The van der Waals surface area contributed by atoms with E-state index in [2.05, 4.69) is 11.2 Å². The molecule has 92 valence electrons. The van der Waals surface area contributed by atoms with Crippen molar-refractivity contribution >= 4 is 23.2 Å². The van der Waals surface area contributed by atoms with E-state index >= 15 is 0 Å². The predicted octanol–water partition coefficient (Wildman–Crippen LogP) is 3.03. The van der Waals surface area contributed by atoms with Gasteiger partial charge in [0.15, 0.2) is 0 Å². The van der Waals surface area contributed by atoms with E-state index in [1.54, 1.807) is 18.2 Å². The SMILES string of the molecule is C#CCC(C)NCC(O)c1cc(Cl)ccc1Cl. The van der Waals surface area contributed by atoms with E-state index in [0.717, 1.165) is 0 Å². The first-order chi connectivity index (χ1) is 8.04. The van der Waals surface area contributed by atoms with E-state index in [1.165, 1.54) is 0 Å². The maximum atomic E-state index is 9.99. The number of hydrogen-bond donors (Lipinski definition) is 2. The highest BCUT2D eigenvalue weighted by Gasteiger charge is 2.13. The summed E-state index contributed by atoms with van der Waals surface area (Å²) in [6.45, 7) is 2.36. The number of halogens is 2. The molecular formula is C13H15Cl2NO. The van der Waals surface area contributed by atoms with Crippen LogP contribution in [0.2, 0.25) is 10.0 Å². The lowest BCUT2D eigenvalue weighted by Gasteiger charge is -2.17. The van der Waals surface area contributed by atoms with Crippen LogP contribution >= 0.6 is 23.2 Å². The van der Waals surface area contributed by atoms with Gasteiger partial charge in [0.1, 0.15) is 0 Å². The Balaban J connectivity index is 2.61. The largest absolute Gasteiger partial charge is 0.387 e. The van der Waals surface area contributed by atoms with Crippen molar-refractivity contribution in [1.82, 2.24) is 5.32 Å². The van der Waals surface area contributed by atoms with Crippen molar-refractivity contribution in [3.63, 3.8) is 0 Å². The number of nitrogens with one attached hydrogen (secondary N) is 1. The van der Waals surface area contributed by atoms with Crippen LogP contribution in [0.1, 0.15) is 25.0 Å². The van der Waals surface area contributed by atoms with Crippen molar-refractivity contribution in [1.29, 1.82) is 0 Å². The second-order valence-electron chi connectivity index (χ2n) is 3.90. The zero-order valence-electron chi connectivity index (χ0n) is 9.58. The van der Waals surface area contributed by atoms with Gasteiger partial charge in [0.05, 0.1) is 6.10 Å². The minimum absolute atomic E-state index is 0.160. The van der Waals surface area contributed by atoms with Crippen LogP contribution in [0.15, 0.2) is 18.2 Å². The van der Waals surface area contributed by atoms with Crippen molar-refractivity contribution in [3.8, 4) is 12.3 Å². The summed E-state index contributed by atoms with van der Waals surface area (Å²) in [5, 5.41) is 14.2. The van der Waals surface area contributed by atoms with Crippen molar-refractivity contribution in [2.24, 2.45) is 0 Å². The topological polar surface area (TPSA) is 32.3 Å². The van der Waals surface area contributed by atoms with Gasteiger partial charge in [-0.2, -0.15) is 0 Å². The summed E-state index contributed by atoms with van der Waals surface area (Å²) in [6.07, 6.45) is 5.13. The van der Waals surface area contributed by atoms with Gasteiger partial charge >= 0.3 is 0 Å². The molecule has 17 heavy (non-hydrogen) atoms. The lowest BCUT2D eigenvalue weighted by Crippen LogP contribution is -2.30. The normalized spacial score (nSPS) is 14.1. The molecular weight excluding hydrogens is 257 g/mol. The third kappa shape index (κ3) is 4.57. The van der Waals surface area contributed by atoms with Crippen LogP contribution in [-0.4, -0.2) is 17.7 Å². The molecule has 0 spiro atoms. The Hall–Kier alpha value is -0.720. The first-order valence-electron chi connectivity index (χ1n) is 5.34. The van der Waals surface area contributed by atoms with Gasteiger partial charge < -0.3 is 10.4 Å². The van der Waals surface area contributed by atoms with Gasteiger partial charge in [0, 0.05) is 34.6 Å². The van der Waals surface area contributed by atoms with Crippen LogP contribution in [-0.2, 0) is 0 Å². The zero-order chi connectivity index (χ0) is 12.8. The first kappa shape index (κ1) is 14.3. The molecule has 0 aliphatic carbocycles. The molecule has 0 aliphatic rings. The third-order valence-electron chi connectivity index (χ3n) is 2.40. The molecule has 2 nitrogen and oxygen atoms in total. The Kier molecular flexibility index (Phi) is 5.80. The second kappa shape index (κ2) is 6.88. The molecule has 1 aromatic carbocycles. The Labute approximate surface area is 112 Å². The predicted molar refractivity (Wildman–Crippen MR) is 72.3 cm³/mol. The summed E-state index contributed by atoms with van der Waals surface area (Å²) in [5.74, 6) is 2.56. The number of hydrogen-bond acceptors (Lipinski definition) is 2. The highest BCUT2D eigenvalue weighted by molar-refractivity contribution is 6.33. The fourth-order valence-electron chi connectivity index (χ4n) is 1.44. The summed E-state index contributed by atoms with van der Waals surface area (Å²) in [4.78, 5) is 0. The van der Waals surface area contributed by atoms with E-state index in [4.69, 9.17) is 29.6 Å². The smallest absolute Gasteiger partial charge is 0.0929 e. The summed E-state index contributed by atoms with van der Waals surface area (Å²) in [6, 6.07) is 5.19. The summed E-state index contributed by atoms with van der Waals surface area (Å²) >= 11 is 11.8. The third-order valence-corrected chi connectivity index (χ3v) is 2.98. The molecule has 1 rings (SSSR count). The second-order valence-corrected chi connectivity index (χ2v) is 4.74. The fourth-order valence-corrected chi connectivity index (χ4v) is 1.87. The minimum atomic E-state index is -0.693. The van der Waals surface area contributed by atoms with Gasteiger partial charge in [-0.3, -0.25) is 0 Å². The maximum absolute atomic E-state index is 9.99. The molecule has 0 bridgehead atoms. The fraction of sp³-hybridized carbons (Fsp3) is 0.385. The molecule has 0 aromatic heterocycles. The van der Waals surface area contributed by atoms with Crippen LogP contribution < -0.4 is 5.32 Å². The minimum Gasteiger partial charge on any atom is -0.387 e. The van der Waals surface area contributed by atoms with Crippen molar-refractivity contribution < 1.29 is 5.11 Å². The number of aliphatic hydroxyl groups is 1. The van der Waals surface area contributed by atoms with E-state index in [1.807, 2.05) is 6.92 Å². The average molecular weight is 272 g/mol. The van der Waals surface area contributed by atoms with Gasteiger partial charge in [-0.05, 0) is 25.1 Å². The lowest BCUT2D eigenvalue weighted by atomic mass is 10.1. The first-order valence-corrected chi connectivity index (χ1v) is 6.10. The van der Waals surface area contributed by atoms with Crippen LogP contribution in [0.5, 0.6) is 0 Å². The quantitative estimate of drug-likeness (QED) is 0.807. The van der Waals surface area contributed by atoms with Gasteiger partial charge in [0.2, 0.25) is 0 Å². The van der Waals surface area contributed by atoms with Crippen LogP contribution in [0, 0.1) is 12.3 Å². The van der Waals surface area contributed by atoms with E-state index in [0.29, 0.717) is 28.6 Å². The van der Waals surface area contributed by atoms with E-state index < -0.39 is 6.10 Å². The Morgan fingerprint density at radius 3 is 2.82 bits per heavy atom. The van der Waals surface area contributed by atoms with Crippen LogP contribution in [0.4, 0.5) is 0 Å². The van der Waals surface area contributed by atoms with E-state index in [9.17, 15) is 5.11 Å². The van der Waals surface area contributed by atoms with Gasteiger partial charge in [0.25, 0.3) is 0 Å². The summed E-state index contributed by atoms with van der Waals surface area (Å²) < 4.78 is 0. The van der Waals surface area contributed by atoms with Crippen LogP contribution in [0.25, 0.3) is 0 Å². The molecule has 0 saturated carbocycles. The number of terminal acetylenes is 1. The molecule has 2 atom stereocenters. The molecule has 1 aromatic rings. The van der Waals surface area contributed by atoms with Crippen molar-refractivity contribution in [2.75, 3.05) is 6.54 Å². The van der Waals surface area contributed by atoms with Crippen LogP contribution in [0.3, 0.4) is 0 Å². The van der Waals surface area contributed by atoms with E-state index in [-0.39, 0.29) is 6.04 Å². The molecule has 2 N–H and O–H groups in total. The molecule has 0 heterocycles. The molecule has 0 radical (unpaired) electrons. The standard InChI is InChI=1S/C13H15Cl2NO/c1-3-4-9(2)16-8-13(17)11-7-10(14)5-6-12(11)15/h1,5-7,9,13,16-17H,4,8H2,2H3. The monoisotopic (exact) mass is 271 g/mol.